The molecule has 11 heteroatoms. The van der Waals surface area contributed by atoms with Crippen LogP contribution in [0.15, 0.2) is 48.5 Å². The zero-order valence-corrected chi connectivity index (χ0v) is 36.6. The Labute approximate surface area is 356 Å². The molecule has 2 heterocycles. The largest absolute Gasteiger partial charge is 0.392 e. The summed E-state index contributed by atoms with van der Waals surface area (Å²) in [6, 6.07) is 16.2. The van der Waals surface area contributed by atoms with Gasteiger partial charge in [-0.1, -0.05) is 139 Å². The molecule has 4 unspecified atom stereocenters. The predicted molar refractivity (Wildman–Crippen MR) is 232 cm³/mol. The molecular weight excluding hydrogens is 749 g/mol. The third-order valence-electron chi connectivity index (χ3n) is 11.4. The van der Waals surface area contributed by atoms with E-state index in [9.17, 15) is 9.90 Å². The first-order chi connectivity index (χ1) is 29.1. The number of hydrogen-bond donors (Lipinski definition) is 2. The van der Waals surface area contributed by atoms with Gasteiger partial charge < -0.3 is 43.6 Å². The number of aliphatic hydroxyl groups is 1. The van der Waals surface area contributed by atoms with Crippen molar-refractivity contribution in [2.24, 2.45) is 5.92 Å². The second-order valence-corrected chi connectivity index (χ2v) is 16.2. The van der Waals surface area contributed by atoms with Crippen LogP contribution >= 0.6 is 0 Å². The van der Waals surface area contributed by atoms with E-state index in [2.05, 4.69) is 36.2 Å². The Morgan fingerprint density at radius 1 is 0.610 bits per heavy atom. The van der Waals surface area contributed by atoms with Crippen molar-refractivity contribution in [3.63, 3.8) is 0 Å². The maximum Gasteiger partial charge on any atom is 0.220 e. The van der Waals surface area contributed by atoms with E-state index in [1.54, 1.807) is 0 Å². The van der Waals surface area contributed by atoms with E-state index in [-0.39, 0.29) is 30.6 Å². The molecule has 0 aromatic heterocycles. The Morgan fingerprint density at radius 3 is 1.58 bits per heavy atom. The van der Waals surface area contributed by atoms with Gasteiger partial charge in [0, 0.05) is 44.1 Å². The van der Waals surface area contributed by atoms with E-state index >= 15 is 0 Å². The average Bonchev–Trinajstić information content (AvgIpc) is 3.26. The van der Waals surface area contributed by atoms with Gasteiger partial charge in [-0.05, 0) is 23.1 Å². The molecule has 0 spiro atoms. The lowest BCUT2D eigenvalue weighted by molar-refractivity contribution is -0.276. The predicted octanol–water partition coefficient (Wildman–Crippen LogP) is 8.47. The number of aliphatic hydroxyl groups excluding tert-OH is 1. The molecule has 334 valence electrons. The molecule has 0 radical (unpaired) electrons. The first-order valence-electron chi connectivity index (χ1n) is 23.0. The molecule has 2 aliphatic rings. The van der Waals surface area contributed by atoms with Gasteiger partial charge in [0.05, 0.1) is 84.9 Å². The van der Waals surface area contributed by atoms with Gasteiger partial charge in [0.15, 0.2) is 6.29 Å². The highest BCUT2D eigenvalue weighted by Gasteiger charge is 2.39. The van der Waals surface area contributed by atoms with Crippen LogP contribution in [0.5, 0.6) is 0 Å². The Kier molecular flexibility index (Phi) is 26.2. The number of carbonyl (C=O) groups excluding carboxylic acids is 1. The third-order valence-corrected chi connectivity index (χ3v) is 11.4. The molecule has 2 aliphatic heterocycles. The molecule has 2 aromatic rings. The van der Waals surface area contributed by atoms with Gasteiger partial charge in [0.25, 0.3) is 0 Å². The van der Waals surface area contributed by atoms with Crippen molar-refractivity contribution in [2.75, 3.05) is 85.7 Å². The first-order valence-corrected chi connectivity index (χ1v) is 23.0. The molecule has 2 fully saturated rings. The van der Waals surface area contributed by atoms with Crippen molar-refractivity contribution < 1.29 is 43.1 Å². The summed E-state index contributed by atoms with van der Waals surface area (Å²) in [5.41, 5.74) is 3.88. The Morgan fingerprint density at radius 2 is 1.07 bits per heavy atom. The number of rotatable bonds is 21. The van der Waals surface area contributed by atoms with Gasteiger partial charge >= 0.3 is 0 Å². The van der Waals surface area contributed by atoms with Crippen LogP contribution in [0, 0.1) is 5.92 Å². The number of hydrogen-bond acceptors (Lipinski definition) is 10. The van der Waals surface area contributed by atoms with Crippen molar-refractivity contribution in [3.05, 3.63) is 70.8 Å². The molecular formula is C48H78N2O9. The summed E-state index contributed by atoms with van der Waals surface area (Å²) in [5.74, 6) is 0.148. The summed E-state index contributed by atoms with van der Waals surface area (Å²) in [7, 11) is 0. The van der Waals surface area contributed by atoms with Crippen molar-refractivity contribution in [1.82, 2.24) is 10.2 Å². The minimum absolute atomic E-state index is 0.00622. The second-order valence-electron chi connectivity index (χ2n) is 16.2. The summed E-state index contributed by atoms with van der Waals surface area (Å²) in [4.78, 5) is 15.0. The van der Waals surface area contributed by atoms with E-state index in [0.29, 0.717) is 85.6 Å². The number of carbonyl (C=O) groups is 1. The van der Waals surface area contributed by atoms with Crippen LogP contribution in [0.3, 0.4) is 0 Å². The Hall–Kier alpha value is -2.45. The van der Waals surface area contributed by atoms with Crippen LogP contribution in [0.2, 0.25) is 0 Å². The second kappa shape index (κ2) is 31.4. The fraction of sp³-hybridized carbons (Fsp3) is 0.729. The number of benzene rings is 2. The SMILES string of the molecule is CCCCCCCCCCCCCCCC(=O)NCc1ccc(C2OC(CN3CCOCCOCCOCCOCCOCC3)C(C)C(c3ccc(CO)cc3)O2)cc1. The summed E-state index contributed by atoms with van der Waals surface area (Å²) in [6.07, 6.45) is 16.5. The Bertz CT molecular complexity index is 1310. The van der Waals surface area contributed by atoms with Crippen molar-refractivity contribution in [3.8, 4) is 0 Å². The van der Waals surface area contributed by atoms with Crippen LogP contribution in [-0.2, 0) is 51.1 Å². The third kappa shape index (κ3) is 20.8. The standard InChI is InChI=1S/C48H78N2O9/c1-3-4-5-6-7-8-9-10-11-12-13-14-15-16-46(52)49-37-41-17-23-44(24-18-41)48-58-45(40(2)47(59-48)43-21-19-42(39-51)20-22-43)38-50-25-27-53-29-31-55-33-35-57-36-34-56-32-30-54-28-26-50/h17-24,40,45,47-48,51H,3-16,25-39H2,1-2H3,(H,49,52). The molecule has 4 atom stereocenters. The zero-order valence-electron chi connectivity index (χ0n) is 36.6. The summed E-state index contributed by atoms with van der Waals surface area (Å²) < 4.78 is 42.3. The summed E-state index contributed by atoms with van der Waals surface area (Å²) >= 11 is 0. The number of amides is 1. The van der Waals surface area contributed by atoms with Gasteiger partial charge in [-0.15, -0.1) is 0 Å². The molecule has 0 saturated carbocycles. The molecule has 0 aliphatic carbocycles. The van der Waals surface area contributed by atoms with Crippen LogP contribution in [0.25, 0.3) is 0 Å². The number of nitrogens with one attached hydrogen (secondary N) is 1. The van der Waals surface area contributed by atoms with Crippen LogP contribution < -0.4 is 5.32 Å². The highest BCUT2D eigenvalue weighted by molar-refractivity contribution is 5.75. The topological polar surface area (TPSA) is 117 Å². The molecule has 2 saturated heterocycles. The quantitative estimate of drug-likeness (QED) is 0.119. The maximum atomic E-state index is 12.7. The van der Waals surface area contributed by atoms with Crippen LogP contribution in [0.1, 0.15) is 138 Å². The van der Waals surface area contributed by atoms with E-state index in [4.69, 9.17) is 33.2 Å². The molecule has 2 N–H and O–H groups in total. The minimum atomic E-state index is -0.580. The maximum absolute atomic E-state index is 12.7. The lowest BCUT2D eigenvalue weighted by atomic mass is 9.90. The lowest BCUT2D eigenvalue weighted by Crippen LogP contribution is -2.46. The first kappa shape index (κ1) is 49.2. The van der Waals surface area contributed by atoms with E-state index in [1.807, 2.05) is 36.4 Å². The molecule has 0 bridgehead atoms. The summed E-state index contributed by atoms with van der Waals surface area (Å²) in [6.45, 7) is 12.4. The van der Waals surface area contributed by atoms with Gasteiger partial charge in [-0.25, -0.2) is 0 Å². The van der Waals surface area contributed by atoms with Crippen molar-refractivity contribution in [1.29, 1.82) is 0 Å². The van der Waals surface area contributed by atoms with Gasteiger partial charge in [0.1, 0.15) is 0 Å². The highest BCUT2D eigenvalue weighted by atomic mass is 16.7. The molecule has 2 aromatic carbocycles. The molecule has 59 heavy (non-hydrogen) atoms. The smallest absolute Gasteiger partial charge is 0.220 e. The Balaban J connectivity index is 1.27. The number of nitrogens with zero attached hydrogens (tertiary/aromatic N) is 1. The average molecular weight is 827 g/mol. The van der Waals surface area contributed by atoms with Gasteiger partial charge in [-0.2, -0.15) is 0 Å². The number of unbranched alkanes of at least 4 members (excludes halogenated alkanes) is 12. The number of ether oxygens (including phenoxy) is 7. The van der Waals surface area contributed by atoms with Gasteiger partial charge in [-0.3, -0.25) is 9.69 Å². The van der Waals surface area contributed by atoms with E-state index in [1.165, 1.54) is 70.6 Å². The molecule has 1 amide bonds. The minimum Gasteiger partial charge on any atom is -0.392 e. The van der Waals surface area contributed by atoms with Gasteiger partial charge in [0.2, 0.25) is 5.91 Å². The monoisotopic (exact) mass is 827 g/mol. The zero-order chi connectivity index (χ0) is 41.6. The van der Waals surface area contributed by atoms with E-state index in [0.717, 1.165) is 48.2 Å². The van der Waals surface area contributed by atoms with Crippen LogP contribution in [-0.4, -0.2) is 108 Å². The highest BCUT2D eigenvalue weighted by Crippen LogP contribution is 2.42. The van der Waals surface area contributed by atoms with Crippen molar-refractivity contribution in [2.45, 2.75) is 135 Å². The fourth-order valence-electron chi connectivity index (χ4n) is 7.63. The lowest BCUT2D eigenvalue weighted by Gasteiger charge is -2.43. The molecule has 11 nitrogen and oxygen atoms in total. The molecule has 4 rings (SSSR count). The normalized spacial score (nSPS) is 22.4. The van der Waals surface area contributed by atoms with Crippen LogP contribution in [0.4, 0.5) is 0 Å². The summed E-state index contributed by atoms with van der Waals surface area (Å²) in [5, 5.41) is 12.8. The van der Waals surface area contributed by atoms with Crippen molar-refractivity contribution >= 4 is 5.91 Å². The van der Waals surface area contributed by atoms with E-state index < -0.39 is 6.29 Å². The fourth-order valence-corrected chi connectivity index (χ4v) is 7.63.